The second-order valence-electron chi connectivity index (χ2n) is 17.1. The molecule has 0 radical (unpaired) electrons. The Morgan fingerprint density at radius 1 is 0.565 bits per heavy atom. The zero-order valence-corrected chi connectivity index (χ0v) is 39.5. The van der Waals surface area contributed by atoms with E-state index >= 15 is 0 Å². The van der Waals surface area contributed by atoms with E-state index < -0.39 is 71.2 Å². The first-order chi connectivity index (χ1) is 30.0. The van der Waals surface area contributed by atoms with E-state index in [1.54, 1.807) is 0 Å². The lowest BCUT2D eigenvalue weighted by atomic mass is 10.00. The minimum Gasteiger partial charge on any atom is -0.462 e. The molecular weight excluding hydrogens is 813 g/mol. The van der Waals surface area contributed by atoms with E-state index in [-0.39, 0.29) is 19.4 Å². The number of carbonyl (C=O) groups excluding carboxylic acids is 2. The molecule has 1 aliphatic rings. The highest BCUT2D eigenvalue weighted by Crippen LogP contribution is 2.24. The number of carbonyl (C=O) groups is 2. The zero-order valence-electron chi connectivity index (χ0n) is 38.7. The van der Waals surface area contributed by atoms with E-state index in [4.69, 9.17) is 18.9 Å². The molecule has 0 spiro atoms. The number of aliphatic hydroxyl groups is 3. The van der Waals surface area contributed by atoms with Crippen LogP contribution in [0.4, 0.5) is 0 Å². The SMILES string of the molecule is CC/C=C/C/C=C/C/C=C/CCCCCCCC(=O)OC[C@H](CO[C@H]1O[C@H](CS(=O)(=O)O)[C@@H](O)C(O)C1O)OC(=O)CCCCCCCCCCCCCCCCCCCCC. The quantitative estimate of drug-likeness (QED) is 0.0197. The number of hydrogen-bond acceptors (Lipinski definition) is 11. The van der Waals surface area contributed by atoms with Crippen molar-refractivity contribution in [3.05, 3.63) is 36.5 Å². The molecule has 1 fully saturated rings. The Kier molecular flexibility index (Phi) is 36.6. The maximum Gasteiger partial charge on any atom is 0.306 e. The molecule has 0 saturated carbocycles. The lowest BCUT2D eigenvalue weighted by molar-refractivity contribution is -0.297. The van der Waals surface area contributed by atoms with Crippen molar-refractivity contribution in [2.24, 2.45) is 0 Å². The van der Waals surface area contributed by atoms with Gasteiger partial charge in [-0.1, -0.05) is 185 Å². The molecular formula is C49H88O12S. The van der Waals surface area contributed by atoms with Crippen LogP contribution in [0, 0.1) is 0 Å². The Bertz CT molecular complexity index is 1290. The van der Waals surface area contributed by atoms with Crippen molar-refractivity contribution < 1.29 is 56.8 Å². The summed E-state index contributed by atoms with van der Waals surface area (Å²) in [6.07, 6.45) is 36.1. The van der Waals surface area contributed by atoms with E-state index in [0.717, 1.165) is 70.6 Å². The van der Waals surface area contributed by atoms with Crippen molar-refractivity contribution in [1.82, 2.24) is 0 Å². The number of aliphatic hydroxyl groups excluding tert-OH is 3. The third-order valence-corrected chi connectivity index (χ3v) is 12.0. The summed E-state index contributed by atoms with van der Waals surface area (Å²) in [5.74, 6) is -2.00. The average molecular weight is 901 g/mol. The lowest BCUT2D eigenvalue weighted by Crippen LogP contribution is -2.60. The molecule has 362 valence electrons. The summed E-state index contributed by atoms with van der Waals surface area (Å²) in [4.78, 5) is 25.5. The van der Waals surface area contributed by atoms with Gasteiger partial charge >= 0.3 is 11.9 Å². The van der Waals surface area contributed by atoms with E-state index in [9.17, 15) is 37.9 Å². The van der Waals surface area contributed by atoms with Crippen molar-refractivity contribution in [3.63, 3.8) is 0 Å². The maximum absolute atomic E-state index is 12.9. The van der Waals surface area contributed by atoms with Gasteiger partial charge in [-0.2, -0.15) is 8.42 Å². The molecule has 1 rings (SSSR count). The van der Waals surface area contributed by atoms with Gasteiger partial charge < -0.3 is 34.3 Å². The van der Waals surface area contributed by atoms with E-state index in [1.165, 1.54) is 96.3 Å². The van der Waals surface area contributed by atoms with Gasteiger partial charge in [-0.3, -0.25) is 14.1 Å². The minimum absolute atomic E-state index is 0.164. The lowest BCUT2D eigenvalue weighted by Gasteiger charge is -2.40. The third-order valence-electron chi connectivity index (χ3n) is 11.2. The summed E-state index contributed by atoms with van der Waals surface area (Å²) in [5, 5.41) is 30.9. The normalized spacial score (nSPS) is 20.1. The Hall–Kier alpha value is -2.13. The van der Waals surface area contributed by atoms with Crippen LogP contribution in [0.15, 0.2) is 36.5 Å². The molecule has 4 N–H and O–H groups in total. The molecule has 2 unspecified atom stereocenters. The molecule has 62 heavy (non-hydrogen) atoms. The zero-order chi connectivity index (χ0) is 45.5. The Morgan fingerprint density at radius 3 is 1.52 bits per heavy atom. The Balaban J connectivity index is 2.40. The third kappa shape index (κ3) is 33.4. The molecule has 0 amide bonds. The second kappa shape index (κ2) is 39.3. The van der Waals surface area contributed by atoms with Gasteiger partial charge in [-0.15, -0.1) is 0 Å². The standard InChI is InChI=1S/C49H88O12S/c1-3-5-7-9-11-13-15-17-19-20-21-22-24-26-28-30-32-34-36-38-45(51)60-42(40-59-49-48(54)47(53)46(52)43(61-49)41-62(55,56)57)39-58-44(50)37-35-33-31-29-27-25-23-18-16-14-12-10-8-6-4-2/h6,8,12,14,18,23,42-43,46-49,52-54H,3-5,7,9-11,13,15-17,19-22,24-41H2,1-2H3,(H,55,56,57)/b8-6+,14-12+,23-18+/t42-,43-,46-,47?,48?,49+/m1/s1. The molecule has 0 aliphatic carbocycles. The van der Waals surface area contributed by atoms with E-state index in [0.29, 0.717) is 12.8 Å². The first kappa shape index (κ1) is 57.9. The predicted octanol–water partition coefficient (Wildman–Crippen LogP) is 10.6. The highest BCUT2D eigenvalue weighted by Gasteiger charge is 2.46. The highest BCUT2D eigenvalue weighted by molar-refractivity contribution is 7.85. The average Bonchev–Trinajstić information content (AvgIpc) is 3.24. The van der Waals surface area contributed by atoms with Crippen molar-refractivity contribution in [2.75, 3.05) is 19.0 Å². The smallest absolute Gasteiger partial charge is 0.306 e. The van der Waals surface area contributed by atoms with Crippen LogP contribution in [0.1, 0.15) is 206 Å². The number of ether oxygens (including phenoxy) is 4. The topological polar surface area (TPSA) is 186 Å². The van der Waals surface area contributed by atoms with Gasteiger partial charge in [0.05, 0.1) is 6.61 Å². The first-order valence-corrected chi connectivity index (χ1v) is 26.2. The van der Waals surface area contributed by atoms with Gasteiger partial charge in [0.25, 0.3) is 10.1 Å². The summed E-state index contributed by atoms with van der Waals surface area (Å²) in [7, 11) is -4.60. The minimum atomic E-state index is -4.60. The van der Waals surface area contributed by atoms with Crippen LogP contribution in [0.5, 0.6) is 0 Å². The summed E-state index contributed by atoms with van der Waals surface area (Å²) >= 11 is 0. The summed E-state index contributed by atoms with van der Waals surface area (Å²) < 4.78 is 54.2. The fraction of sp³-hybridized carbons (Fsp3) is 0.837. The van der Waals surface area contributed by atoms with Gasteiger partial charge in [-0.05, 0) is 44.9 Å². The molecule has 1 aliphatic heterocycles. The summed E-state index contributed by atoms with van der Waals surface area (Å²) in [5.41, 5.74) is 0. The molecule has 13 heteroatoms. The van der Waals surface area contributed by atoms with Gasteiger partial charge in [0.15, 0.2) is 12.4 Å². The number of esters is 2. The van der Waals surface area contributed by atoms with Crippen molar-refractivity contribution >= 4 is 22.1 Å². The van der Waals surface area contributed by atoms with E-state index in [2.05, 4.69) is 50.3 Å². The largest absolute Gasteiger partial charge is 0.462 e. The molecule has 0 aromatic heterocycles. The Morgan fingerprint density at radius 2 is 1.02 bits per heavy atom. The fourth-order valence-corrected chi connectivity index (χ4v) is 8.15. The number of hydrogen-bond donors (Lipinski definition) is 4. The molecule has 1 heterocycles. The van der Waals surface area contributed by atoms with Crippen LogP contribution in [-0.4, -0.2) is 96.0 Å². The molecule has 0 bridgehead atoms. The highest BCUT2D eigenvalue weighted by atomic mass is 32.2. The number of allylic oxidation sites excluding steroid dienone is 6. The van der Waals surface area contributed by atoms with Crippen LogP contribution < -0.4 is 0 Å². The van der Waals surface area contributed by atoms with E-state index in [1.807, 2.05) is 0 Å². The molecule has 12 nitrogen and oxygen atoms in total. The van der Waals surface area contributed by atoms with Gasteiger partial charge in [0.1, 0.15) is 36.8 Å². The number of unbranched alkanes of at least 4 members (excludes halogenated alkanes) is 23. The molecule has 1 saturated heterocycles. The van der Waals surface area contributed by atoms with Crippen LogP contribution in [-0.2, 0) is 38.7 Å². The fourth-order valence-electron chi connectivity index (χ4n) is 7.46. The maximum atomic E-state index is 12.9. The molecule has 6 atom stereocenters. The number of rotatable bonds is 41. The molecule has 0 aromatic carbocycles. The van der Waals surface area contributed by atoms with Gasteiger partial charge in [0, 0.05) is 12.8 Å². The summed E-state index contributed by atoms with van der Waals surface area (Å²) in [6.45, 7) is 3.66. The van der Waals surface area contributed by atoms with Crippen molar-refractivity contribution in [3.8, 4) is 0 Å². The second-order valence-corrected chi connectivity index (χ2v) is 18.6. The van der Waals surface area contributed by atoms with Gasteiger partial charge in [0.2, 0.25) is 0 Å². The van der Waals surface area contributed by atoms with Crippen LogP contribution in [0.3, 0.4) is 0 Å². The first-order valence-electron chi connectivity index (χ1n) is 24.5. The van der Waals surface area contributed by atoms with Crippen LogP contribution in [0.2, 0.25) is 0 Å². The van der Waals surface area contributed by atoms with Crippen LogP contribution in [0.25, 0.3) is 0 Å². The monoisotopic (exact) mass is 901 g/mol. The molecule has 0 aromatic rings. The van der Waals surface area contributed by atoms with Crippen LogP contribution >= 0.6 is 0 Å². The predicted molar refractivity (Wildman–Crippen MR) is 247 cm³/mol. The Labute approximate surface area is 376 Å². The summed E-state index contributed by atoms with van der Waals surface area (Å²) in [6, 6.07) is 0. The van der Waals surface area contributed by atoms with Crippen molar-refractivity contribution in [1.29, 1.82) is 0 Å². The van der Waals surface area contributed by atoms with Crippen molar-refractivity contribution in [2.45, 2.75) is 243 Å². The van der Waals surface area contributed by atoms with Gasteiger partial charge in [-0.25, -0.2) is 0 Å².